The number of nitrogens with two attached hydrogens (primary N) is 2. The summed E-state index contributed by atoms with van der Waals surface area (Å²) in [7, 11) is 0. The lowest BCUT2D eigenvalue weighted by Gasteiger charge is -2.10. The van der Waals surface area contributed by atoms with E-state index in [1.165, 1.54) is 5.56 Å². The molecule has 72 valence electrons. The van der Waals surface area contributed by atoms with Crippen molar-refractivity contribution < 1.29 is 0 Å². The van der Waals surface area contributed by atoms with Crippen LogP contribution in [0.3, 0.4) is 0 Å². The summed E-state index contributed by atoms with van der Waals surface area (Å²) < 4.78 is 0. The van der Waals surface area contributed by atoms with E-state index in [1.807, 2.05) is 12.1 Å². The largest absolute Gasteiger partial charge is 0.399 e. The number of anilines is 1. The third-order valence-corrected chi connectivity index (χ3v) is 2.35. The molecule has 1 aromatic rings. The van der Waals surface area contributed by atoms with Crippen molar-refractivity contribution in [1.82, 2.24) is 0 Å². The Balaban J connectivity index is 2.55. The Hall–Kier alpha value is -1.02. The van der Waals surface area contributed by atoms with E-state index >= 15 is 0 Å². The van der Waals surface area contributed by atoms with Gasteiger partial charge < -0.3 is 11.5 Å². The van der Waals surface area contributed by atoms with E-state index in [9.17, 15) is 0 Å². The van der Waals surface area contributed by atoms with Gasteiger partial charge >= 0.3 is 0 Å². The van der Waals surface area contributed by atoms with Gasteiger partial charge in [0.05, 0.1) is 0 Å². The first-order chi connectivity index (χ1) is 6.24. The first-order valence-electron chi connectivity index (χ1n) is 4.79. The first-order valence-corrected chi connectivity index (χ1v) is 4.79. The second-order valence-electron chi connectivity index (χ2n) is 3.50. The van der Waals surface area contributed by atoms with Crippen molar-refractivity contribution >= 4 is 5.69 Å². The zero-order chi connectivity index (χ0) is 9.68. The summed E-state index contributed by atoms with van der Waals surface area (Å²) in [6.07, 6.45) is 2.24. The summed E-state index contributed by atoms with van der Waals surface area (Å²) >= 11 is 0. The number of hydrogen-bond donors (Lipinski definition) is 2. The second-order valence-corrected chi connectivity index (χ2v) is 3.50. The minimum absolute atomic E-state index is 0.587. The van der Waals surface area contributed by atoms with Gasteiger partial charge in [-0.2, -0.15) is 0 Å². The van der Waals surface area contributed by atoms with E-state index in [4.69, 9.17) is 11.5 Å². The van der Waals surface area contributed by atoms with Crippen molar-refractivity contribution in [3.8, 4) is 0 Å². The predicted octanol–water partition coefficient (Wildman–Crippen LogP) is 2.11. The van der Waals surface area contributed by atoms with Gasteiger partial charge in [0.25, 0.3) is 0 Å². The number of nitrogen functional groups attached to an aromatic ring is 1. The highest BCUT2D eigenvalue weighted by molar-refractivity contribution is 5.40. The summed E-state index contributed by atoms with van der Waals surface area (Å²) in [5.74, 6) is 0.587. The predicted molar refractivity (Wildman–Crippen MR) is 57.6 cm³/mol. The number of hydrogen-bond acceptors (Lipinski definition) is 2. The van der Waals surface area contributed by atoms with Crippen molar-refractivity contribution in [2.45, 2.75) is 25.7 Å². The van der Waals surface area contributed by atoms with Crippen LogP contribution in [0.5, 0.6) is 0 Å². The van der Waals surface area contributed by atoms with Gasteiger partial charge in [0.15, 0.2) is 0 Å². The lowest BCUT2D eigenvalue weighted by atomic mass is 9.96. The molecule has 0 amide bonds. The Bertz CT molecular complexity index is 241. The van der Waals surface area contributed by atoms with Crippen molar-refractivity contribution in [2.24, 2.45) is 5.73 Å². The van der Waals surface area contributed by atoms with Crippen LogP contribution in [-0.4, -0.2) is 6.54 Å². The third kappa shape index (κ3) is 3.07. The van der Waals surface area contributed by atoms with Gasteiger partial charge in [-0.15, -0.1) is 0 Å². The van der Waals surface area contributed by atoms with Crippen LogP contribution >= 0.6 is 0 Å². The fourth-order valence-electron chi connectivity index (χ4n) is 1.42. The van der Waals surface area contributed by atoms with Crippen LogP contribution in [-0.2, 0) is 0 Å². The average molecular weight is 178 g/mol. The highest BCUT2D eigenvalue weighted by Gasteiger charge is 2.03. The molecule has 1 atom stereocenters. The highest BCUT2D eigenvalue weighted by atomic mass is 14.5. The van der Waals surface area contributed by atoms with Crippen LogP contribution in [0.4, 0.5) is 5.69 Å². The fraction of sp³-hybridized carbons (Fsp3) is 0.455. The van der Waals surface area contributed by atoms with E-state index in [2.05, 4.69) is 19.1 Å². The van der Waals surface area contributed by atoms with Crippen LogP contribution in [0.25, 0.3) is 0 Å². The van der Waals surface area contributed by atoms with Crippen LogP contribution in [0, 0.1) is 0 Å². The van der Waals surface area contributed by atoms with Gasteiger partial charge in [-0.3, -0.25) is 0 Å². The van der Waals surface area contributed by atoms with E-state index in [0.717, 1.165) is 25.1 Å². The topological polar surface area (TPSA) is 52.0 Å². The Kier molecular flexibility index (Phi) is 3.77. The van der Waals surface area contributed by atoms with Gasteiger partial charge in [-0.05, 0) is 43.0 Å². The zero-order valence-electron chi connectivity index (χ0n) is 8.16. The van der Waals surface area contributed by atoms with Crippen LogP contribution in [0.1, 0.15) is 31.2 Å². The molecule has 0 fully saturated rings. The van der Waals surface area contributed by atoms with Crippen molar-refractivity contribution in [3.05, 3.63) is 29.8 Å². The van der Waals surface area contributed by atoms with Crippen molar-refractivity contribution in [1.29, 1.82) is 0 Å². The van der Waals surface area contributed by atoms with E-state index in [0.29, 0.717) is 5.92 Å². The molecule has 0 saturated carbocycles. The molecule has 0 aliphatic heterocycles. The van der Waals surface area contributed by atoms with Crippen molar-refractivity contribution in [2.75, 3.05) is 12.3 Å². The summed E-state index contributed by atoms with van der Waals surface area (Å²) in [5.41, 5.74) is 13.2. The molecule has 0 aliphatic rings. The van der Waals surface area contributed by atoms with Gasteiger partial charge in [0.1, 0.15) is 0 Å². The minimum Gasteiger partial charge on any atom is -0.399 e. The maximum Gasteiger partial charge on any atom is 0.0314 e. The maximum absolute atomic E-state index is 5.61. The van der Waals surface area contributed by atoms with Gasteiger partial charge in [0.2, 0.25) is 0 Å². The molecule has 4 N–H and O–H groups in total. The molecule has 0 aliphatic carbocycles. The monoisotopic (exact) mass is 178 g/mol. The van der Waals surface area contributed by atoms with Crippen LogP contribution in [0.15, 0.2) is 24.3 Å². The Morgan fingerprint density at radius 1 is 1.23 bits per heavy atom. The number of benzene rings is 1. The quantitative estimate of drug-likeness (QED) is 0.694. The lowest BCUT2D eigenvalue weighted by molar-refractivity contribution is 0.641. The smallest absolute Gasteiger partial charge is 0.0314 e. The van der Waals surface area contributed by atoms with Crippen LogP contribution in [0.2, 0.25) is 0 Å². The SMILES string of the molecule is CC(CCCN)c1ccc(N)cc1. The molecule has 0 radical (unpaired) electrons. The molecule has 0 heterocycles. The zero-order valence-corrected chi connectivity index (χ0v) is 8.16. The molecule has 0 bridgehead atoms. The minimum atomic E-state index is 0.587. The van der Waals surface area contributed by atoms with Crippen LogP contribution < -0.4 is 11.5 Å². The molecule has 1 aromatic carbocycles. The van der Waals surface area contributed by atoms with E-state index < -0.39 is 0 Å². The molecule has 1 rings (SSSR count). The van der Waals surface area contributed by atoms with E-state index in [-0.39, 0.29) is 0 Å². The Labute approximate surface area is 79.9 Å². The Morgan fingerprint density at radius 2 is 1.85 bits per heavy atom. The average Bonchev–Trinajstić information content (AvgIpc) is 2.15. The summed E-state index contributed by atoms with van der Waals surface area (Å²) in [6.45, 7) is 3.00. The molecule has 2 heteroatoms. The fourth-order valence-corrected chi connectivity index (χ4v) is 1.42. The normalized spacial score (nSPS) is 12.8. The summed E-state index contributed by atoms with van der Waals surface area (Å²) in [5, 5.41) is 0. The molecule has 0 spiro atoms. The molecular weight excluding hydrogens is 160 g/mol. The maximum atomic E-state index is 5.61. The lowest BCUT2D eigenvalue weighted by Crippen LogP contribution is -2.02. The highest BCUT2D eigenvalue weighted by Crippen LogP contribution is 2.20. The molecule has 0 aromatic heterocycles. The molecule has 13 heavy (non-hydrogen) atoms. The molecular formula is C11H18N2. The van der Waals surface area contributed by atoms with Gasteiger partial charge in [-0.1, -0.05) is 19.1 Å². The summed E-state index contributed by atoms with van der Waals surface area (Å²) in [6, 6.07) is 8.09. The first kappa shape index (κ1) is 10.1. The Morgan fingerprint density at radius 3 is 2.38 bits per heavy atom. The number of rotatable bonds is 4. The molecule has 1 unspecified atom stereocenters. The summed E-state index contributed by atoms with van der Waals surface area (Å²) in [4.78, 5) is 0. The van der Waals surface area contributed by atoms with Gasteiger partial charge in [-0.25, -0.2) is 0 Å². The molecule has 0 saturated heterocycles. The van der Waals surface area contributed by atoms with Crippen molar-refractivity contribution in [3.63, 3.8) is 0 Å². The van der Waals surface area contributed by atoms with Gasteiger partial charge in [0, 0.05) is 5.69 Å². The third-order valence-electron chi connectivity index (χ3n) is 2.35. The molecule has 2 nitrogen and oxygen atoms in total. The second kappa shape index (κ2) is 4.87. The van der Waals surface area contributed by atoms with E-state index in [1.54, 1.807) is 0 Å². The standard InChI is InChI=1S/C11H18N2/c1-9(3-2-8-12)10-4-6-11(13)7-5-10/h4-7,9H,2-3,8,12-13H2,1H3.